The second-order valence-electron chi connectivity index (χ2n) is 5.25. The van der Waals surface area contributed by atoms with Crippen LogP contribution in [0.2, 0.25) is 0 Å². The molecule has 0 aliphatic rings. The van der Waals surface area contributed by atoms with Crippen LogP contribution in [-0.4, -0.2) is 29.3 Å². The predicted molar refractivity (Wildman–Crippen MR) is 91.1 cm³/mol. The second-order valence-corrected chi connectivity index (χ2v) is 6.94. The van der Waals surface area contributed by atoms with E-state index in [0.29, 0.717) is 5.56 Å². The molecular weight excluding hydrogens is 340 g/mol. The third-order valence-electron chi connectivity index (χ3n) is 3.37. The molecule has 0 radical (unpaired) electrons. The SMILES string of the molecule is Cc1ccc(S(=O)(=O)NC(=O)c2ccnc(-c3cccnc3)n2)cc1. The molecule has 2 heterocycles. The number of hydrogen-bond donors (Lipinski definition) is 1. The van der Waals surface area contributed by atoms with Crippen molar-refractivity contribution in [3.63, 3.8) is 0 Å². The maximum absolute atomic E-state index is 12.3. The number of carbonyl (C=O) groups excluding carboxylic acids is 1. The van der Waals surface area contributed by atoms with Crippen molar-refractivity contribution in [2.75, 3.05) is 0 Å². The molecular formula is C17H14N4O3S. The summed E-state index contributed by atoms with van der Waals surface area (Å²) in [5, 5.41) is 0. The van der Waals surface area contributed by atoms with Crippen LogP contribution in [0.3, 0.4) is 0 Å². The number of carbonyl (C=O) groups is 1. The molecule has 0 unspecified atom stereocenters. The molecule has 3 aromatic rings. The van der Waals surface area contributed by atoms with Crippen LogP contribution in [0.25, 0.3) is 11.4 Å². The number of amides is 1. The molecule has 0 spiro atoms. The van der Waals surface area contributed by atoms with Crippen molar-refractivity contribution in [3.05, 3.63) is 72.3 Å². The summed E-state index contributed by atoms with van der Waals surface area (Å²) in [6, 6.07) is 11.0. The quantitative estimate of drug-likeness (QED) is 0.768. The van der Waals surface area contributed by atoms with Crippen molar-refractivity contribution in [2.24, 2.45) is 0 Å². The van der Waals surface area contributed by atoms with Gasteiger partial charge in [0, 0.05) is 24.2 Å². The van der Waals surface area contributed by atoms with Gasteiger partial charge in [0.1, 0.15) is 5.69 Å². The maximum atomic E-state index is 12.3. The molecule has 7 nitrogen and oxygen atoms in total. The van der Waals surface area contributed by atoms with Gasteiger partial charge in [0.2, 0.25) is 0 Å². The van der Waals surface area contributed by atoms with Crippen molar-refractivity contribution < 1.29 is 13.2 Å². The fourth-order valence-corrected chi connectivity index (χ4v) is 3.03. The first-order chi connectivity index (χ1) is 12.0. The van der Waals surface area contributed by atoms with Gasteiger partial charge in [-0.3, -0.25) is 9.78 Å². The number of sulfonamides is 1. The fraction of sp³-hybridized carbons (Fsp3) is 0.0588. The molecule has 8 heteroatoms. The maximum Gasteiger partial charge on any atom is 0.283 e. The lowest BCUT2D eigenvalue weighted by Gasteiger charge is -2.07. The number of hydrogen-bond acceptors (Lipinski definition) is 6. The van der Waals surface area contributed by atoms with E-state index in [-0.39, 0.29) is 16.4 Å². The average Bonchev–Trinajstić information content (AvgIpc) is 2.62. The second kappa shape index (κ2) is 6.78. The van der Waals surface area contributed by atoms with Crippen LogP contribution in [0.1, 0.15) is 16.1 Å². The average molecular weight is 354 g/mol. The van der Waals surface area contributed by atoms with E-state index in [0.717, 1.165) is 5.56 Å². The van der Waals surface area contributed by atoms with Gasteiger partial charge in [-0.15, -0.1) is 0 Å². The van der Waals surface area contributed by atoms with E-state index in [9.17, 15) is 13.2 Å². The monoisotopic (exact) mass is 354 g/mol. The van der Waals surface area contributed by atoms with Gasteiger partial charge in [0.05, 0.1) is 4.90 Å². The molecule has 1 aromatic carbocycles. The van der Waals surface area contributed by atoms with E-state index in [2.05, 4.69) is 15.0 Å². The van der Waals surface area contributed by atoms with E-state index in [1.165, 1.54) is 24.4 Å². The predicted octanol–water partition coefficient (Wildman–Crippen LogP) is 1.97. The van der Waals surface area contributed by atoms with E-state index in [4.69, 9.17) is 0 Å². The standard InChI is InChI=1S/C17H14N4O3S/c1-12-4-6-14(7-5-12)25(23,24)21-17(22)15-8-10-19-16(20-15)13-3-2-9-18-11-13/h2-11H,1H3,(H,21,22). The molecule has 0 aliphatic heterocycles. The van der Waals surface area contributed by atoms with Gasteiger partial charge in [0.15, 0.2) is 5.82 Å². The number of aromatic nitrogens is 3. The summed E-state index contributed by atoms with van der Waals surface area (Å²) in [5.41, 5.74) is 1.49. The van der Waals surface area contributed by atoms with Crippen LogP contribution in [0.5, 0.6) is 0 Å². The van der Waals surface area contributed by atoms with Crippen molar-refractivity contribution in [2.45, 2.75) is 11.8 Å². The van der Waals surface area contributed by atoms with Gasteiger partial charge in [-0.05, 0) is 37.3 Å². The Morgan fingerprint density at radius 2 is 1.80 bits per heavy atom. The fourth-order valence-electron chi connectivity index (χ4n) is 2.07. The first-order valence-electron chi connectivity index (χ1n) is 7.33. The zero-order valence-electron chi connectivity index (χ0n) is 13.2. The van der Waals surface area contributed by atoms with Crippen LogP contribution in [0.4, 0.5) is 0 Å². The molecule has 0 saturated heterocycles. The number of benzene rings is 1. The number of nitrogens with one attached hydrogen (secondary N) is 1. The summed E-state index contributed by atoms with van der Waals surface area (Å²) < 4.78 is 26.6. The number of pyridine rings is 1. The van der Waals surface area contributed by atoms with Crippen LogP contribution in [-0.2, 0) is 10.0 Å². The van der Waals surface area contributed by atoms with Crippen molar-refractivity contribution in [1.29, 1.82) is 0 Å². The molecule has 0 aliphatic carbocycles. The van der Waals surface area contributed by atoms with Crippen LogP contribution < -0.4 is 4.72 Å². The van der Waals surface area contributed by atoms with E-state index >= 15 is 0 Å². The van der Waals surface area contributed by atoms with E-state index < -0.39 is 15.9 Å². The minimum atomic E-state index is -3.97. The zero-order chi connectivity index (χ0) is 17.9. The molecule has 0 bridgehead atoms. The van der Waals surface area contributed by atoms with Crippen LogP contribution in [0, 0.1) is 6.92 Å². The van der Waals surface area contributed by atoms with E-state index in [1.54, 1.807) is 36.7 Å². The lowest BCUT2D eigenvalue weighted by atomic mass is 10.2. The Kier molecular flexibility index (Phi) is 4.53. The van der Waals surface area contributed by atoms with Crippen molar-refractivity contribution in [3.8, 4) is 11.4 Å². The first-order valence-corrected chi connectivity index (χ1v) is 8.81. The Morgan fingerprint density at radius 3 is 2.48 bits per heavy atom. The van der Waals surface area contributed by atoms with Crippen LogP contribution >= 0.6 is 0 Å². The van der Waals surface area contributed by atoms with Gasteiger partial charge in [-0.1, -0.05) is 17.7 Å². The van der Waals surface area contributed by atoms with E-state index in [1.807, 2.05) is 11.6 Å². The molecule has 1 N–H and O–H groups in total. The highest BCUT2D eigenvalue weighted by atomic mass is 32.2. The molecule has 2 aromatic heterocycles. The van der Waals surface area contributed by atoms with Crippen molar-refractivity contribution >= 4 is 15.9 Å². The molecule has 126 valence electrons. The third-order valence-corrected chi connectivity index (χ3v) is 4.71. The largest absolute Gasteiger partial charge is 0.283 e. The molecule has 25 heavy (non-hydrogen) atoms. The normalized spacial score (nSPS) is 11.1. The first kappa shape index (κ1) is 16.7. The van der Waals surface area contributed by atoms with Gasteiger partial charge < -0.3 is 0 Å². The van der Waals surface area contributed by atoms with Crippen LogP contribution in [0.15, 0.2) is 66.0 Å². The smallest absolute Gasteiger partial charge is 0.266 e. The summed E-state index contributed by atoms with van der Waals surface area (Å²) in [4.78, 5) is 24.4. The van der Waals surface area contributed by atoms with Gasteiger partial charge in [-0.2, -0.15) is 0 Å². The molecule has 0 fully saturated rings. The highest BCUT2D eigenvalue weighted by Crippen LogP contribution is 2.14. The Balaban J connectivity index is 1.85. The van der Waals surface area contributed by atoms with Gasteiger partial charge >= 0.3 is 0 Å². The minimum absolute atomic E-state index is 0.00740. The third kappa shape index (κ3) is 3.86. The van der Waals surface area contributed by atoms with Gasteiger partial charge in [-0.25, -0.2) is 23.1 Å². The Bertz CT molecular complexity index is 1000. The number of nitrogens with zero attached hydrogens (tertiary/aromatic N) is 3. The Hall–Kier alpha value is -3.13. The summed E-state index contributed by atoms with van der Waals surface area (Å²) in [6.07, 6.45) is 4.55. The highest BCUT2D eigenvalue weighted by Gasteiger charge is 2.20. The topological polar surface area (TPSA) is 102 Å². The summed E-state index contributed by atoms with van der Waals surface area (Å²) in [5.74, 6) is -0.540. The molecule has 0 atom stereocenters. The Morgan fingerprint density at radius 1 is 1.04 bits per heavy atom. The summed E-state index contributed by atoms with van der Waals surface area (Å²) in [6.45, 7) is 1.84. The molecule has 1 amide bonds. The molecule has 3 rings (SSSR count). The molecule has 0 saturated carbocycles. The lowest BCUT2D eigenvalue weighted by Crippen LogP contribution is -2.31. The van der Waals surface area contributed by atoms with Crippen molar-refractivity contribution in [1.82, 2.24) is 19.7 Å². The summed E-state index contributed by atoms with van der Waals surface area (Å²) in [7, 11) is -3.97. The Labute approximate surface area is 144 Å². The lowest BCUT2D eigenvalue weighted by molar-refractivity contribution is 0.0976. The highest BCUT2D eigenvalue weighted by molar-refractivity contribution is 7.90. The summed E-state index contributed by atoms with van der Waals surface area (Å²) >= 11 is 0. The number of aryl methyl sites for hydroxylation is 1. The minimum Gasteiger partial charge on any atom is -0.266 e. The number of rotatable bonds is 4. The zero-order valence-corrected chi connectivity index (χ0v) is 14.1. The van der Waals surface area contributed by atoms with Gasteiger partial charge in [0.25, 0.3) is 15.9 Å².